The van der Waals surface area contributed by atoms with E-state index in [9.17, 15) is 4.79 Å². The molecule has 0 atom stereocenters. The zero-order chi connectivity index (χ0) is 11.8. The smallest absolute Gasteiger partial charge is 0.234 e. The van der Waals surface area contributed by atoms with Crippen LogP contribution in [-0.2, 0) is 23.1 Å². The van der Waals surface area contributed by atoms with Gasteiger partial charge in [0.05, 0.1) is 19.3 Å². The van der Waals surface area contributed by atoms with E-state index in [1.54, 1.807) is 18.0 Å². The molecule has 0 fully saturated rings. The van der Waals surface area contributed by atoms with Crippen LogP contribution >= 0.6 is 0 Å². The Morgan fingerprint density at radius 3 is 3.06 bits per heavy atom. The van der Waals surface area contributed by atoms with Gasteiger partial charge in [0.25, 0.3) is 0 Å². The van der Waals surface area contributed by atoms with Crippen molar-refractivity contribution in [1.82, 2.24) is 20.4 Å². The van der Waals surface area contributed by atoms with Crippen molar-refractivity contribution >= 4 is 5.91 Å². The quantitative estimate of drug-likeness (QED) is 0.602. The Labute approximate surface area is 95.0 Å². The van der Waals surface area contributed by atoms with E-state index in [0.29, 0.717) is 26.2 Å². The number of aromatic nitrogens is 2. The molecule has 16 heavy (non-hydrogen) atoms. The molecule has 1 aromatic rings. The Balaban J connectivity index is 2.08. The van der Waals surface area contributed by atoms with Gasteiger partial charge in [0.1, 0.15) is 0 Å². The molecule has 0 saturated heterocycles. The highest BCUT2D eigenvalue weighted by molar-refractivity contribution is 5.77. The largest absolute Gasteiger partial charge is 0.383 e. The predicted octanol–water partition coefficient (Wildman–Crippen LogP) is -0.728. The number of ether oxygens (including phenoxy) is 1. The molecule has 0 spiro atoms. The van der Waals surface area contributed by atoms with E-state index in [1.807, 2.05) is 13.2 Å². The summed E-state index contributed by atoms with van der Waals surface area (Å²) in [5.74, 6) is -0.0269. The van der Waals surface area contributed by atoms with Gasteiger partial charge >= 0.3 is 0 Å². The van der Waals surface area contributed by atoms with Crippen LogP contribution in [0.4, 0.5) is 0 Å². The Morgan fingerprint density at radius 1 is 1.62 bits per heavy atom. The van der Waals surface area contributed by atoms with Crippen LogP contribution in [0.1, 0.15) is 5.56 Å². The summed E-state index contributed by atoms with van der Waals surface area (Å²) in [4.78, 5) is 11.3. The first-order valence-corrected chi connectivity index (χ1v) is 5.16. The van der Waals surface area contributed by atoms with Crippen molar-refractivity contribution in [3.05, 3.63) is 18.0 Å². The Hall–Kier alpha value is -1.40. The summed E-state index contributed by atoms with van der Waals surface area (Å²) in [5, 5.41) is 9.80. The fourth-order valence-electron chi connectivity index (χ4n) is 1.24. The molecule has 0 bridgehead atoms. The lowest BCUT2D eigenvalue weighted by Crippen LogP contribution is -2.35. The molecule has 0 radical (unpaired) electrons. The number of amides is 1. The van der Waals surface area contributed by atoms with Gasteiger partial charge in [0.15, 0.2) is 0 Å². The summed E-state index contributed by atoms with van der Waals surface area (Å²) in [6.45, 7) is 2.03. The molecule has 1 heterocycles. The predicted molar refractivity (Wildman–Crippen MR) is 59.8 cm³/mol. The van der Waals surface area contributed by atoms with E-state index in [0.717, 1.165) is 5.56 Å². The normalized spacial score (nSPS) is 10.4. The van der Waals surface area contributed by atoms with Crippen LogP contribution in [0, 0.1) is 0 Å². The van der Waals surface area contributed by atoms with E-state index in [4.69, 9.17) is 4.74 Å². The van der Waals surface area contributed by atoms with Crippen LogP contribution in [0.3, 0.4) is 0 Å². The third-order valence-electron chi connectivity index (χ3n) is 2.00. The first-order chi connectivity index (χ1) is 7.72. The standard InChI is InChI=1S/C10H18N4O2/c1-14-8-9(6-13-14)5-11-7-10(15)12-3-4-16-2/h6,8,11H,3-5,7H2,1-2H3,(H,12,15). The molecule has 1 amide bonds. The van der Waals surface area contributed by atoms with Gasteiger partial charge in [-0.15, -0.1) is 0 Å². The van der Waals surface area contributed by atoms with Crippen molar-refractivity contribution in [2.45, 2.75) is 6.54 Å². The SMILES string of the molecule is COCCNC(=O)CNCc1cnn(C)c1. The maximum Gasteiger partial charge on any atom is 0.234 e. The molecule has 0 aliphatic carbocycles. The number of nitrogens with one attached hydrogen (secondary N) is 2. The summed E-state index contributed by atoms with van der Waals surface area (Å²) in [5.41, 5.74) is 1.06. The van der Waals surface area contributed by atoms with E-state index in [-0.39, 0.29) is 5.91 Å². The molecular weight excluding hydrogens is 208 g/mol. The van der Waals surface area contributed by atoms with Crippen LogP contribution in [0.5, 0.6) is 0 Å². The monoisotopic (exact) mass is 226 g/mol. The van der Waals surface area contributed by atoms with Crippen LogP contribution in [-0.4, -0.2) is 42.5 Å². The van der Waals surface area contributed by atoms with Crippen molar-refractivity contribution < 1.29 is 9.53 Å². The topological polar surface area (TPSA) is 68.2 Å². The molecular formula is C10H18N4O2. The fourth-order valence-corrected chi connectivity index (χ4v) is 1.24. The van der Waals surface area contributed by atoms with Gasteiger partial charge in [-0.25, -0.2) is 0 Å². The molecule has 6 nitrogen and oxygen atoms in total. The van der Waals surface area contributed by atoms with Gasteiger partial charge in [-0.2, -0.15) is 5.10 Å². The number of nitrogens with zero attached hydrogens (tertiary/aromatic N) is 2. The van der Waals surface area contributed by atoms with Crippen LogP contribution in [0.15, 0.2) is 12.4 Å². The average Bonchev–Trinajstić information content (AvgIpc) is 2.65. The zero-order valence-electron chi connectivity index (χ0n) is 9.69. The molecule has 1 rings (SSSR count). The van der Waals surface area contributed by atoms with Gasteiger partial charge in [0.2, 0.25) is 5.91 Å². The molecule has 0 aromatic carbocycles. The lowest BCUT2D eigenvalue weighted by atomic mass is 10.3. The number of hydrogen-bond acceptors (Lipinski definition) is 4. The van der Waals surface area contributed by atoms with Crippen LogP contribution < -0.4 is 10.6 Å². The highest BCUT2D eigenvalue weighted by Crippen LogP contribution is 1.93. The zero-order valence-corrected chi connectivity index (χ0v) is 9.69. The molecule has 0 aliphatic rings. The molecule has 90 valence electrons. The van der Waals surface area contributed by atoms with Gasteiger partial charge in [-0.05, 0) is 0 Å². The van der Waals surface area contributed by atoms with Crippen molar-refractivity contribution in [2.24, 2.45) is 7.05 Å². The highest BCUT2D eigenvalue weighted by Gasteiger charge is 2.00. The van der Waals surface area contributed by atoms with Gasteiger partial charge in [-0.3, -0.25) is 9.48 Å². The Morgan fingerprint density at radius 2 is 2.44 bits per heavy atom. The van der Waals surface area contributed by atoms with E-state index in [2.05, 4.69) is 15.7 Å². The molecule has 0 unspecified atom stereocenters. The van der Waals surface area contributed by atoms with E-state index < -0.39 is 0 Å². The van der Waals surface area contributed by atoms with Crippen molar-refractivity contribution in [2.75, 3.05) is 26.8 Å². The fraction of sp³-hybridized carbons (Fsp3) is 0.600. The highest BCUT2D eigenvalue weighted by atomic mass is 16.5. The summed E-state index contributed by atoms with van der Waals surface area (Å²) in [7, 11) is 3.47. The summed E-state index contributed by atoms with van der Waals surface area (Å²) < 4.78 is 6.55. The van der Waals surface area contributed by atoms with Gasteiger partial charge in [-0.1, -0.05) is 0 Å². The first-order valence-electron chi connectivity index (χ1n) is 5.16. The minimum absolute atomic E-state index is 0.0269. The summed E-state index contributed by atoms with van der Waals surface area (Å²) in [6, 6.07) is 0. The molecule has 6 heteroatoms. The van der Waals surface area contributed by atoms with Crippen molar-refractivity contribution in [3.8, 4) is 0 Å². The average molecular weight is 226 g/mol. The summed E-state index contributed by atoms with van der Waals surface area (Å²) in [6.07, 6.45) is 3.69. The molecule has 2 N–H and O–H groups in total. The third kappa shape index (κ3) is 4.90. The maximum atomic E-state index is 11.3. The minimum atomic E-state index is -0.0269. The van der Waals surface area contributed by atoms with E-state index >= 15 is 0 Å². The van der Waals surface area contributed by atoms with Crippen LogP contribution in [0.2, 0.25) is 0 Å². The second-order valence-corrected chi connectivity index (χ2v) is 3.47. The molecule has 0 aliphatic heterocycles. The lowest BCUT2D eigenvalue weighted by molar-refractivity contribution is -0.120. The van der Waals surface area contributed by atoms with Gasteiger partial charge < -0.3 is 15.4 Å². The van der Waals surface area contributed by atoms with Gasteiger partial charge in [0, 0.05) is 39.0 Å². The number of aryl methyl sites for hydroxylation is 1. The Bertz CT molecular complexity index is 324. The van der Waals surface area contributed by atoms with Crippen LogP contribution in [0.25, 0.3) is 0 Å². The molecule has 1 aromatic heterocycles. The number of carbonyl (C=O) groups excluding carboxylic acids is 1. The first kappa shape index (κ1) is 12.7. The Kier molecular flexibility index (Phi) is 5.52. The second-order valence-electron chi connectivity index (χ2n) is 3.47. The van der Waals surface area contributed by atoms with Crippen molar-refractivity contribution in [3.63, 3.8) is 0 Å². The second kappa shape index (κ2) is 6.97. The minimum Gasteiger partial charge on any atom is -0.383 e. The number of methoxy groups -OCH3 is 1. The van der Waals surface area contributed by atoms with E-state index in [1.165, 1.54) is 0 Å². The lowest BCUT2D eigenvalue weighted by Gasteiger charge is -2.05. The third-order valence-corrected chi connectivity index (χ3v) is 2.00. The number of carbonyl (C=O) groups is 1. The maximum absolute atomic E-state index is 11.3. The van der Waals surface area contributed by atoms with Crippen molar-refractivity contribution in [1.29, 1.82) is 0 Å². The number of hydrogen-bond donors (Lipinski definition) is 2. The summed E-state index contributed by atoms with van der Waals surface area (Å²) >= 11 is 0. The number of rotatable bonds is 7. The molecule has 0 saturated carbocycles.